The molecule has 1 saturated carbocycles. The topological polar surface area (TPSA) is 0 Å². The smallest absolute Gasteiger partial charge is 0.0111 e. The Kier molecular flexibility index (Phi) is 2.15. The number of hydrogen-bond acceptors (Lipinski definition) is 0. The van der Waals surface area contributed by atoms with Crippen LogP contribution in [-0.2, 0) is 0 Å². The molecule has 0 aromatic heterocycles. The van der Waals surface area contributed by atoms with Gasteiger partial charge < -0.3 is 0 Å². The Bertz CT molecular complexity index is 271. The van der Waals surface area contributed by atoms with E-state index in [2.05, 4.69) is 44.2 Å². The summed E-state index contributed by atoms with van der Waals surface area (Å²) in [5.41, 5.74) is 2.05. The molecule has 70 valence electrons. The van der Waals surface area contributed by atoms with Gasteiger partial charge in [0.1, 0.15) is 0 Å². The van der Waals surface area contributed by atoms with Crippen LogP contribution in [0, 0.1) is 5.41 Å². The fourth-order valence-corrected chi connectivity index (χ4v) is 2.63. The van der Waals surface area contributed by atoms with E-state index in [4.69, 9.17) is 0 Å². The van der Waals surface area contributed by atoms with Gasteiger partial charge in [-0.1, -0.05) is 50.6 Å². The van der Waals surface area contributed by atoms with Crippen molar-refractivity contribution in [3.05, 3.63) is 35.9 Å². The van der Waals surface area contributed by atoms with E-state index in [1.54, 1.807) is 0 Å². The summed E-state index contributed by atoms with van der Waals surface area (Å²) in [5.74, 6) is 0.786. The monoisotopic (exact) mass is 174 g/mol. The first-order valence-electron chi connectivity index (χ1n) is 5.25. The molecule has 1 fully saturated rings. The van der Waals surface area contributed by atoms with Crippen LogP contribution in [0.1, 0.15) is 44.6 Å². The lowest BCUT2D eigenvalue weighted by atomic mass is 9.78. The van der Waals surface area contributed by atoms with Gasteiger partial charge in [-0.15, -0.1) is 0 Å². The van der Waals surface area contributed by atoms with Crippen molar-refractivity contribution in [2.24, 2.45) is 5.41 Å². The van der Waals surface area contributed by atoms with E-state index >= 15 is 0 Å². The molecule has 1 aromatic carbocycles. The highest BCUT2D eigenvalue weighted by molar-refractivity contribution is 5.22. The molecule has 1 atom stereocenters. The van der Waals surface area contributed by atoms with E-state index in [-0.39, 0.29) is 0 Å². The van der Waals surface area contributed by atoms with E-state index < -0.39 is 0 Å². The van der Waals surface area contributed by atoms with Gasteiger partial charge in [-0.05, 0) is 29.7 Å². The Morgan fingerprint density at radius 1 is 1.15 bits per heavy atom. The first kappa shape index (κ1) is 8.80. The minimum absolute atomic E-state index is 0.515. The molecule has 2 rings (SSSR count). The lowest BCUT2D eigenvalue weighted by Crippen LogP contribution is -2.15. The van der Waals surface area contributed by atoms with E-state index in [9.17, 15) is 0 Å². The Hall–Kier alpha value is -0.780. The molecule has 1 aliphatic carbocycles. The molecule has 0 amide bonds. The van der Waals surface area contributed by atoms with Gasteiger partial charge in [0.25, 0.3) is 0 Å². The average Bonchev–Trinajstić information content (AvgIpc) is 2.47. The van der Waals surface area contributed by atoms with Crippen molar-refractivity contribution < 1.29 is 0 Å². The van der Waals surface area contributed by atoms with Crippen LogP contribution in [0.4, 0.5) is 0 Å². The normalized spacial score (nSPS) is 26.2. The van der Waals surface area contributed by atoms with Crippen LogP contribution >= 0.6 is 0 Å². The summed E-state index contributed by atoms with van der Waals surface area (Å²) in [6.07, 6.45) is 4.15. The zero-order valence-electron chi connectivity index (χ0n) is 8.59. The van der Waals surface area contributed by atoms with Gasteiger partial charge in [-0.3, -0.25) is 0 Å². The highest BCUT2D eigenvalue weighted by Crippen LogP contribution is 2.48. The summed E-state index contributed by atoms with van der Waals surface area (Å²) in [6.45, 7) is 4.80. The molecule has 0 unspecified atom stereocenters. The van der Waals surface area contributed by atoms with Crippen molar-refractivity contribution in [1.29, 1.82) is 0 Å². The summed E-state index contributed by atoms with van der Waals surface area (Å²) in [5, 5.41) is 0. The maximum Gasteiger partial charge on any atom is -0.0111 e. The first-order valence-corrected chi connectivity index (χ1v) is 5.25. The predicted molar refractivity (Wildman–Crippen MR) is 56.8 cm³/mol. The van der Waals surface area contributed by atoms with Crippen LogP contribution in [-0.4, -0.2) is 0 Å². The molecule has 0 spiro atoms. The quantitative estimate of drug-likeness (QED) is 0.604. The van der Waals surface area contributed by atoms with Gasteiger partial charge >= 0.3 is 0 Å². The molecule has 0 aliphatic heterocycles. The molecule has 13 heavy (non-hydrogen) atoms. The third kappa shape index (κ3) is 1.63. The zero-order valence-corrected chi connectivity index (χ0v) is 8.59. The van der Waals surface area contributed by atoms with Crippen molar-refractivity contribution in [1.82, 2.24) is 0 Å². The van der Waals surface area contributed by atoms with Crippen LogP contribution in [0.25, 0.3) is 0 Å². The van der Waals surface area contributed by atoms with Crippen LogP contribution in [0.2, 0.25) is 0 Å². The minimum atomic E-state index is 0.515. The van der Waals surface area contributed by atoms with E-state index in [1.807, 2.05) is 0 Å². The van der Waals surface area contributed by atoms with Crippen LogP contribution in [0.3, 0.4) is 0 Å². The number of benzene rings is 1. The summed E-state index contributed by atoms with van der Waals surface area (Å²) in [7, 11) is 0. The van der Waals surface area contributed by atoms with Crippen molar-refractivity contribution in [2.75, 3.05) is 0 Å². The molecular formula is C13H18. The first-order chi connectivity index (χ1) is 6.20. The highest BCUT2D eigenvalue weighted by Gasteiger charge is 2.34. The molecule has 0 heteroatoms. The second kappa shape index (κ2) is 3.17. The second-order valence-corrected chi connectivity index (χ2v) is 4.84. The van der Waals surface area contributed by atoms with Gasteiger partial charge in [-0.25, -0.2) is 0 Å². The number of rotatable bonds is 1. The van der Waals surface area contributed by atoms with Crippen molar-refractivity contribution in [3.8, 4) is 0 Å². The van der Waals surface area contributed by atoms with Gasteiger partial charge in [0.15, 0.2) is 0 Å². The minimum Gasteiger partial charge on any atom is -0.0622 e. The molecule has 0 radical (unpaired) electrons. The van der Waals surface area contributed by atoms with E-state index in [0.717, 1.165) is 5.92 Å². The zero-order chi connectivity index (χ0) is 9.31. The molecule has 0 bridgehead atoms. The van der Waals surface area contributed by atoms with E-state index in [1.165, 1.54) is 24.8 Å². The Labute approximate surface area is 81.0 Å². The highest BCUT2D eigenvalue weighted by atomic mass is 14.4. The molecule has 1 aliphatic rings. The Morgan fingerprint density at radius 2 is 1.85 bits per heavy atom. The maximum absolute atomic E-state index is 2.40. The van der Waals surface area contributed by atoms with Crippen LogP contribution < -0.4 is 0 Å². The third-order valence-electron chi connectivity index (χ3n) is 3.46. The molecule has 0 N–H and O–H groups in total. The summed E-state index contributed by atoms with van der Waals surface area (Å²) in [4.78, 5) is 0. The second-order valence-electron chi connectivity index (χ2n) is 4.84. The van der Waals surface area contributed by atoms with Gasteiger partial charge in [0.05, 0.1) is 0 Å². The van der Waals surface area contributed by atoms with Gasteiger partial charge in [0, 0.05) is 0 Å². The Morgan fingerprint density at radius 3 is 2.38 bits per heavy atom. The fraction of sp³-hybridized carbons (Fsp3) is 0.538. The van der Waals surface area contributed by atoms with Crippen molar-refractivity contribution in [3.63, 3.8) is 0 Å². The summed E-state index contributed by atoms with van der Waals surface area (Å²) in [6, 6.07) is 11.0. The predicted octanol–water partition coefficient (Wildman–Crippen LogP) is 3.98. The average molecular weight is 174 g/mol. The molecule has 0 heterocycles. The fourth-order valence-electron chi connectivity index (χ4n) is 2.63. The summed E-state index contributed by atoms with van der Waals surface area (Å²) < 4.78 is 0. The lowest BCUT2D eigenvalue weighted by molar-refractivity contribution is 0.332. The van der Waals surface area contributed by atoms with Gasteiger partial charge in [-0.2, -0.15) is 0 Å². The van der Waals surface area contributed by atoms with Crippen molar-refractivity contribution in [2.45, 2.75) is 39.0 Å². The standard InChI is InChI=1S/C13H18/c1-13(2)10-6-9-12(13)11-7-4-3-5-8-11/h3-5,7-8,12H,6,9-10H2,1-2H3/t12-/m1/s1. The molecule has 0 nitrogen and oxygen atoms in total. The SMILES string of the molecule is CC1(C)CCC[C@@H]1c1ccccc1. The largest absolute Gasteiger partial charge is 0.0622 e. The third-order valence-corrected chi connectivity index (χ3v) is 3.46. The van der Waals surface area contributed by atoms with Crippen LogP contribution in [0.5, 0.6) is 0 Å². The molecule has 1 aromatic rings. The Balaban J connectivity index is 2.27. The van der Waals surface area contributed by atoms with Crippen LogP contribution in [0.15, 0.2) is 30.3 Å². The van der Waals surface area contributed by atoms with E-state index in [0.29, 0.717) is 5.41 Å². The lowest BCUT2D eigenvalue weighted by Gasteiger charge is -2.27. The molecular weight excluding hydrogens is 156 g/mol. The van der Waals surface area contributed by atoms with Gasteiger partial charge in [0.2, 0.25) is 0 Å². The maximum atomic E-state index is 2.40. The summed E-state index contributed by atoms with van der Waals surface area (Å²) >= 11 is 0. The van der Waals surface area contributed by atoms with Crippen molar-refractivity contribution >= 4 is 0 Å². The number of hydrogen-bond donors (Lipinski definition) is 0. The molecule has 0 saturated heterocycles.